The number of rotatable bonds is 3. The highest BCUT2D eigenvalue weighted by Crippen LogP contribution is 2.48. The van der Waals surface area contributed by atoms with E-state index in [-0.39, 0.29) is 5.41 Å². The Balaban J connectivity index is 2.04. The van der Waals surface area contributed by atoms with Crippen molar-refractivity contribution in [3.05, 3.63) is 33.7 Å². The van der Waals surface area contributed by atoms with Gasteiger partial charge in [0.2, 0.25) is 0 Å². The molecule has 5 heteroatoms. The first-order chi connectivity index (χ1) is 9.18. The van der Waals surface area contributed by atoms with E-state index < -0.39 is 0 Å². The number of hydrogen-bond acceptors (Lipinski definition) is 4. The number of methoxy groups -OCH3 is 1. The van der Waals surface area contributed by atoms with Crippen molar-refractivity contribution in [3.8, 4) is 22.4 Å². The number of nitriles is 1. The molecule has 0 radical (unpaired) electrons. The van der Waals surface area contributed by atoms with Crippen LogP contribution in [0.2, 0.25) is 0 Å². The molecule has 19 heavy (non-hydrogen) atoms. The van der Waals surface area contributed by atoms with Crippen molar-refractivity contribution in [2.45, 2.75) is 18.3 Å². The summed E-state index contributed by atoms with van der Waals surface area (Å²) in [5.41, 5.74) is 1.53. The summed E-state index contributed by atoms with van der Waals surface area (Å²) in [5.74, 6) is 0.797. The maximum absolute atomic E-state index is 9.22. The monoisotopic (exact) mass is 334 g/mol. The van der Waals surface area contributed by atoms with Crippen molar-refractivity contribution in [1.29, 1.82) is 5.26 Å². The van der Waals surface area contributed by atoms with E-state index in [1.54, 1.807) is 18.4 Å². The smallest absolute Gasteiger partial charge is 0.129 e. The molecule has 1 fully saturated rings. The number of ether oxygens (including phenoxy) is 1. The second-order valence-electron chi connectivity index (χ2n) is 4.58. The Labute approximate surface area is 124 Å². The van der Waals surface area contributed by atoms with Crippen molar-refractivity contribution < 1.29 is 4.74 Å². The van der Waals surface area contributed by atoms with Crippen LogP contribution in [0.4, 0.5) is 0 Å². The average Bonchev–Trinajstić information content (AvgIpc) is 3.08. The van der Waals surface area contributed by atoms with Crippen LogP contribution in [0.5, 0.6) is 5.75 Å². The van der Waals surface area contributed by atoms with Crippen LogP contribution in [-0.4, -0.2) is 12.1 Å². The first-order valence-corrected chi connectivity index (χ1v) is 7.57. The van der Waals surface area contributed by atoms with Gasteiger partial charge in [0.15, 0.2) is 0 Å². The highest BCUT2D eigenvalue weighted by atomic mass is 79.9. The zero-order valence-corrected chi connectivity index (χ0v) is 12.7. The maximum Gasteiger partial charge on any atom is 0.129 e. The topological polar surface area (TPSA) is 45.9 Å². The number of nitrogens with zero attached hydrogens (tertiary/aromatic N) is 2. The van der Waals surface area contributed by atoms with Crippen molar-refractivity contribution in [2.24, 2.45) is 0 Å². The zero-order valence-electron chi connectivity index (χ0n) is 10.3. The van der Waals surface area contributed by atoms with Gasteiger partial charge >= 0.3 is 0 Å². The summed E-state index contributed by atoms with van der Waals surface area (Å²) in [6.45, 7) is 0. The van der Waals surface area contributed by atoms with E-state index in [2.05, 4.69) is 27.0 Å². The minimum absolute atomic E-state index is 0.325. The molecule has 2 aromatic rings. The minimum Gasteiger partial charge on any atom is -0.496 e. The molecule has 0 amide bonds. The second kappa shape index (κ2) is 4.62. The second-order valence-corrected chi connectivity index (χ2v) is 6.35. The van der Waals surface area contributed by atoms with Crippen molar-refractivity contribution >= 4 is 27.3 Å². The number of aromatic nitrogens is 1. The molecule has 1 aromatic heterocycles. The normalized spacial score (nSPS) is 15.8. The van der Waals surface area contributed by atoms with E-state index in [1.165, 1.54) is 0 Å². The fourth-order valence-corrected chi connectivity index (χ4v) is 3.31. The number of benzene rings is 1. The molecule has 0 saturated heterocycles. The van der Waals surface area contributed by atoms with Crippen molar-refractivity contribution in [2.75, 3.05) is 7.11 Å². The third kappa shape index (κ3) is 2.15. The van der Waals surface area contributed by atoms with Gasteiger partial charge in [0.1, 0.15) is 16.2 Å². The predicted molar refractivity (Wildman–Crippen MR) is 78.3 cm³/mol. The fraction of sp³-hybridized carbons (Fsp3) is 0.286. The average molecular weight is 335 g/mol. The van der Waals surface area contributed by atoms with Crippen LogP contribution in [0.25, 0.3) is 10.6 Å². The molecule has 1 saturated carbocycles. The van der Waals surface area contributed by atoms with Gasteiger partial charge in [0, 0.05) is 9.85 Å². The molecule has 0 unspecified atom stereocenters. The first kappa shape index (κ1) is 12.6. The van der Waals surface area contributed by atoms with Crippen LogP contribution < -0.4 is 4.74 Å². The molecule has 0 aliphatic heterocycles. The summed E-state index contributed by atoms with van der Waals surface area (Å²) >= 11 is 5.02. The summed E-state index contributed by atoms with van der Waals surface area (Å²) < 4.78 is 6.36. The highest BCUT2D eigenvalue weighted by Gasteiger charge is 2.47. The van der Waals surface area contributed by atoms with Crippen LogP contribution in [-0.2, 0) is 5.41 Å². The Kier molecular flexibility index (Phi) is 3.08. The molecular weight excluding hydrogens is 324 g/mol. The lowest BCUT2D eigenvalue weighted by atomic mass is 10.1. The molecule has 96 valence electrons. The highest BCUT2D eigenvalue weighted by molar-refractivity contribution is 9.10. The van der Waals surface area contributed by atoms with Gasteiger partial charge in [-0.25, -0.2) is 4.98 Å². The molecule has 0 bridgehead atoms. The SMILES string of the molecule is COc1ccc(Br)cc1-c1nc(C2(C#N)CC2)cs1. The van der Waals surface area contributed by atoms with Crippen LogP contribution in [0.15, 0.2) is 28.1 Å². The third-order valence-corrected chi connectivity index (χ3v) is 4.72. The van der Waals surface area contributed by atoms with Gasteiger partial charge in [-0.1, -0.05) is 15.9 Å². The van der Waals surface area contributed by atoms with E-state index in [9.17, 15) is 5.26 Å². The van der Waals surface area contributed by atoms with Gasteiger partial charge in [-0.2, -0.15) is 5.26 Å². The molecule has 3 nitrogen and oxygen atoms in total. The van der Waals surface area contributed by atoms with E-state index in [0.29, 0.717) is 0 Å². The Morgan fingerprint density at radius 2 is 2.26 bits per heavy atom. The number of thiazole rings is 1. The Morgan fingerprint density at radius 3 is 2.89 bits per heavy atom. The summed E-state index contributed by atoms with van der Waals surface area (Å²) in [4.78, 5) is 4.63. The standard InChI is InChI=1S/C14H11BrN2OS/c1-18-11-3-2-9(15)6-10(11)13-17-12(7-19-13)14(8-16)4-5-14/h2-3,6-7H,4-5H2,1H3. The van der Waals surface area contributed by atoms with Gasteiger partial charge in [0.05, 0.1) is 24.4 Å². The van der Waals surface area contributed by atoms with Crippen molar-refractivity contribution in [3.63, 3.8) is 0 Å². The van der Waals surface area contributed by atoms with Gasteiger partial charge < -0.3 is 4.74 Å². The van der Waals surface area contributed by atoms with Gasteiger partial charge in [-0.3, -0.25) is 0 Å². The molecule has 1 aliphatic rings. The zero-order chi connectivity index (χ0) is 13.5. The van der Waals surface area contributed by atoms with E-state index >= 15 is 0 Å². The van der Waals surface area contributed by atoms with E-state index in [1.807, 2.05) is 23.6 Å². The molecule has 3 rings (SSSR count). The molecule has 0 atom stereocenters. The van der Waals surface area contributed by atoms with Crippen LogP contribution >= 0.6 is 27.3 Å². The Hall–Kier alpha value is -1.38. The minimum atomic E-state index is -0.325. The summed E-state index contributed by atoms with van der Waals surface area (Å²) in [5, 5.41) is 12.1. The van der Waals surface area contributed by atoms with E-state index in [4.69, 9.17) is 4.74 Å². The molecular formula is C14H11BrN2OS. The predicted octanol–water partition coefficient (Wildman–Crippen LogP) is 4.14. The summed E-state index contributed by atoms with van der Waals surface area (Å²) in [7, 11) is 1.65. The van der Waals surface area contributed by atoms with Crippen LogP contribution in [0.3, 0.4) is 0 Å². The van der Waals surface area contributed by atoms with Gasteiger partial charge in [0.25, 0.3) is 0 Å². The number of hydrogen-bond donors (Lipinski definition) is 0. The molecule has 0 spiro atoms. The number of halogens is 1. The fourth-order valence-electron chi connectivity index (χ4n) is 2.01. The lowest BCUT2D eigenvalue weighted by molar-refractivity contribution is 0.416. The first-order valence-electron chi connectivity index (χ1n) is 5.90. The summed E-state index contributed by atoms with van der Waals surface area (Å²) in [6.07, 6.45) is 1.84. The lowest BCUT2D eigenvalue weighted by Gasteiger charge is -2.06. The third-order valence-electron chi connectivity index (χ3n) is 3.35. The Morgan fingerprint density at radius 1 is 1.47 bits per heavy atom. The van der Waals surface area contributed by atoms with Gasteiger partial charge in [-0.05, 0) is 31.0 Å². The van der Waals surface area contributed by atoms with E-state index in [0.717, 1.165) is 39.3 Å². The van der Waals surface area contributed by atoms with Crippen LogP contribution in [0, 0.1) is 11.3 Å². The molecule has 1 aromatic carbocycles. The molecule has 0 N–H and O–H groups in total. The largest absolute Gasteiger partial charge is 0.496 e. The molecule has 1 aliphatic carbocycles. The quantitative estimate of drug-likeness (QED) is 0.847. The maximum atomic E-state index is 9.22. The van der Waals surface area contributed by atoms with Crippen molar-refractivity contribution in [1.82, 2.24) is 4.98 Å². The molecule has 1 heterocycles. The summed E-state index contributed by atoms with van der Waals surface area (Å²) in [6, 6.07) is 8.22. The lowest BCUT2D eigenvalue weighted by Crippen LogP contribution is -2.02. The Bertz CT molecular complexity index is 670. The van der Waals surface area contributed by atoms with Crippen LogP contribution in [0.1, 0.15) is 18.5 Å². The van der Waals surface area contributed by atoms with Gasteiger partial charge in [-0.15, -0.1) is 11.3 Å².